The highest BCUT2D eigenvalue weighted by molar-refractivity contribution is 7.33. The Morgan fingerprint density at radius 1 is 1.17 bits per heavy atom. The van der Waals surface area contributed by atoms with Crippen LogP contribution in [0.5, 0.6) is 0 Å². The zero-order chi connectivity index (χ0) is 9.56. The predicted octanol–water partition coefficient (Wildman–Crippen LogP) is 2.25. The predicted molar refractivity (Wildman–Crippen MR) is 43.9 cm³/mol. The molecular formula is C6H11O5P. The molecule has 5 nitrogen and oxygen atoms in total. The minimum absolute atomic E-state index is 0.497. The molecule has 12 heavy (non-hydrogen) atoms. The van der Waals surface area contributed by atoms with Crippen molar-refractivity contribution in [3.05, 3.63) is 24.0 Å². The zero-order valence-electron chi connectivity index (χ0n) is 6.77. The average molecular weight is 194 g/mol. The van der Waals surface area contributed by atoms with E-state index in [1.54, 1.807) is 0 Å². The van der Waals surface area contributed by atoms with Gasteiger partial charge in [-0.15, -0.1) is 0 Å². The van der Waals surface area contributed by atoms with E-state index in [4.69, 9.17) is 10.2 Å². The minimum Gasteiger partial charge on any atom is -0.481 e. The summed E-state index contributed by atoms with van der Waals surface area (Å²) in [6, 6.07) is 0. The number of rotatable bonds is 4. The van der Waals surface area contributed by atoms with Crippen molar-refractivity contribution in [2.45, 2.75) is 13.8 Å². The third-order valence-corrected chi connectivity index (χ3v) is 1.62. The average Bonchev–Trinajstić information content (AvgIpc) is 2.03. The Labute approximate surface area is 70.9 Å². The first-order valence-electron chi connectivity index (χ1n) is 3.20. The molecule has 0 fully saturated rings. The fraction of sp³-hybridized carbons (Fsp3) is 0.333. The van der Waals surface area contributed by atoms with Crippen molar-refractivity contribution in [2.75, 3.05) is 0 Å². The lowest BCUT2D eigenvalue weighted by atomic mass is 10.7. The molecule has 0 rings (SSSR count). The standard InChI is InChI=1S/C6H11O5P/c1-3-5(7)10-12(9)11-6(8)4-2/h3-4,7-8,12H,1-2H3/b5-3-,6-4-. The van der Waals surface area contributed by atoms with Crippen molar-refractivity contribution in [1.29, 1.82) is 0 Å². The van der Waals surface area contributed by atoms with Crippen molar-refractivity contribution in [3.63, 3.8) is 0 Å². The van der Waals surface area contributed by atoms with E-state index < -0.39 is 20.1 Å². The molecule has 0 aromatic heterocycles. The highest BCUT2D eigenvalue weighted by Gasteiger charge is 2.04. The fourth-order valence-electron chi connectivity index (χ4n) is 0.309. The minimum atomic E-state index is -2.90. The van der Waals surface area contributed by atoms with Gasteiger partial charge in [-0.05, 0) is 26.0 Å². The van der Waals surface area contributed by atoms with Crippen LogP contribution >= 0.6 is 8.25 Å². The lowest BCUT2D eigenvalue weighted by molar-refractivity contribution is 0.155. The maximum absolute atomic E-state index is 10.7. The molecule has 0 aliphatic carbocycles. The Kier molecular flexibility index (Phi) is 5.04. The second-order valence-corrected chi connectivity index (χ2v) is 2.62. The lowest BCUT2D eigenvalue weighted by Crippen LogP contribution is -1.85. The quantitative estimate of drug-likeness (QED) is 0.530. The molecule has 6 heteroatoms. The first-order chi connectivity index (χ1) is 5.60. The van der Waals surface area contributed by atoms with Crippen LogP contribution in [0.3, 0.4) is 0 Å². The summed E-state index contributed by atoms with van der Waals surface area (Å²) in [6.45, 7) is 3.00. The van der Waals surface area contributed by atoms with Gasteiger partial charge in [0.1, 0.15) is 0 Å². The van der Waals surface area contributed by atoms with Crippen molar-refractivity contribution in [2.24, 2.45) is 0 Å². The van der Waals surface area contributed by atoms with Crippen LogP contribution < -0.4 is 0 Å². The molecule has 0 aromatic carbocycles. The van der Waals surface area contributed by atoms with Crippen LogP contribution in [0.4, 0.5) is 0 Å². The topological polar surface area (TPSA) is 76.0 Å². The van der Waals surface area contributed by atoms with Gasteiger partial charge in [0.05, 0.1) is 0 Å². The van der Waals surface area contributed by atoms with Crippen molar-refractivity contribution < 1.29 is 23.8 Å². The van der Waals surface area contributed by atoms with E-state index in [1.807, 2.05) is 0 Å². The maximum atomic E-state index is 10.7. The van der Waals surface area contributed by atoms with E-state index in [9.17, 15) is 4.57 Å². The SMILES string of the molecule is C/C=C(/O)O[PH](=O)O/C(O)=C\C. The van der Waals surface area contributed by atoms with Crippen LogP contribution in [0.15, 0.2) is 24.0 Å². The van der Waals surface area contributed by atoms with Gasteiger partial charge < -0.3 is 19.3 Å². The van der Waals surface area contributed by atoms with Gasteiger partial charge in [-0.1, -0.05) is 0 Å². The number of allylic oxidation sites excluding steroid dienone is 2. The molecule has 0 aromatic rings. The number of aliphatic hydroxyl groups is 2. The van der Waals surface area contributed by atoms with E-state index in [0.29, 0.717) is 0 Å². The van der Waals surface area contributed by atoms with E-state index >= 15 is 0 Å². The van der Waals surface area contributed by atoms with Gasteiger partial charge in [-0.25, -0.2) is 4.57 Å². The Hall–Kier alpha value is -1.09. The van der Waals surface area contributed by atoms with Crippen LogP contribution in [-0.2, 0) is 13.6 Å². The molecule has 70 valence electrons. The highest BCUT2D eigenvalue weighted by Crippen LogP contribution is 2.29. The van der Waals surface area contributed by atoms with Crippen LogP contribution in [-0.4, -0.2) is 10.2 Å². The molecule has 0 bridgehead atoms. The molecule has 0 aliphatic rings. The lowest BCUT2D eigenvalue weighted by Gasteiger charge is -2.04. The smallest absolute Gasteiger partial charge is 0.423 e. The molecule has 0 atom stereocenters. The van der Waals surface area contributed by atoms with Crippen LogP contribution in [0.25, 0.3) is 0 Å². The number of hydrogen-bond donors (Lipinski definition) is 2. The molecule has 0 unspecified atom stereocenters. The summed E-state index contributed by atoms with van der Waals surface area (Å²) in [7, 11) is -2.90. The normalized spacial score (nSPS) is 15.5. The molecule has 0 aliphatic heterocycles. The third kappa shape index (κ3) is 4.68. The summed E-state index contributed by atoms with van der Waals surface area (Å²) < 4.78 is 19.3. The first-order valence-corrected chi connectivity index (χ1v) is 4.42. The first kappa shape index (κ1) is 10.9. The Balaban J connectivity index is 3.91. The van der Waals surface area contributed by atoms with E-state index in [2.05, 4.69) is 9.05 Å². The van der Waals surface area contributed by atoms with E-state index in [1.165, 1.54) is 26.0 Å². The summed E-state index contributed by atoms with van der Waals surface area (Å²) >= 11 is 0. The zero-order valence-corrected chi connectivity index (χ0v) is 7.77. The number of hydrogen-bond acceptors (Lipinski definition) is 5. The van der Waals surface area contributed by atoms with Gasteiger partial charge in [0.25, 0.3) is 11.9 Å². The van der Waals surface area contributed by atoms with Gasteiger partial charge in [-0.3, -0.25) is 0 Å². The molecule has 0 radical (unpaired) electrons. The second kappa shape index (κ2) is 5.55. The van der Waals surface area contributed by atoms with Gasteiger partial charge in [0.2, 0.25) is 0 Å². The summed E-state index contributed by atoms with van der Waals surface area (Å²) in [5, 5.41) is 17.4. The molecule has 2 N–H and O–H groups in total. The fourth-order valence-corrected chi connectivity index (χ4v) is 0.928. The molecule has 0 saturated carbocycles. The molecule has 0 saturated heterocycles. The molecular weight excluding hydrogens is 183 g/mol. The van der Waals surface area contributed by atoms with Gasteiger partial charge in [-0.2, -0.15) is 0 Å². The van der Waals surface area contributed by atoms with Crippen molar-refractivity contribution in [3.8, 4) is 0 Å². The molecule has 0 heterocycles. The maximum Gasteiger partial charge on any atom is 0.423 e. The Morgan fingerprint density at radius 3 is 1.75 bits per heavy atom. The van der Waals surface area contributed by atoms with Crippen molar-refractivity contribution >= 4 is 8.25 Å². The summed E-state index contributed by atoms with van der Waals surface area (Å²) in [5.74, 6) is -0.995. The van der Waals surface area contributed by atoms with Crippen LogP contribution in [0, 0.1) is 0 Å². The summed E-state index contributed by atoms with van der Waals surface area (Å²) in [5.41, 5.74) is 0. The second-order valence-electron chi connectivity index (χ2n) is 1.71. The number of aliphatic hydroxyl groups excluding tert-OH is 2. The van der Waals surface area contributed by atoms with Gasteiger partial charge in [0, 0.05) is 0 Å². The van der Waals surface area contributed by atoms with E-state index in [-0.39, 0.29) is 0 Å². The Morgan fingerprint density at radius 2 is 1.50 bits per heavy atom. The van der Waals surface area contributed by atoms with Crippen LogP contribution in [0.2, 0.25) is 0 Å². The van der Waals surface area contributed by atoms with Crippen LogP contribution in [0.1, 0.15) is 13.8 Å². The summed E-state index contributed by atoms with van der Waals surface area (Å²) in [6.07, 6.45) is 2.41. The largest absolute Gasteiger partial charge is 0.481 e. The summed E-state index contributed by atoms with van der Waals surface area (Å²) in [4.78, 5) is 0. The third-order valence-electron chi connectivity index (χ3n) is 0.870. The molecule has 0 spiro atoms. The van der Waals surface area contributed by atoms with Gasteiger partial charge >= 0.3 is 8.25 Å². The molecule has 0 amide bonds. The Bertz CT molecular complexity index is 198. The van der Waals surface area contributed by atoms with Gasteiger partial charge in [0.15, 0.2) is 0 Å². The monoisotopic (exact) mass is 194 g/mol. The highest BCUT2D eigenvalue weighted by atomic mass is 31.1. The van der Waals surface area contributed by atoms with E-state index in [0.717, 1.165) is 0 Å². The van der Waals surface area contributed by atoms with Crippen molar-refractivity contribution in [1.82, 2.24) is 0 Å².